The molecule has 1 amide bonds. The molecule has 0 saturated carbocycles. The molecule has 0 bridgehead atoms. The van der Waals surface area contributed by atoms with E-state index in [4.69, 9.17) is 33.3 Å². The van der Waals surface area contributed by atoms with E-state index in [0.717, 1.165) is 27.9 Å². The number of amides is 1. The molecule has 4 aromatic rings. The van der Waals surface area contributed by atoms with Crippen molar-refractivity contribution in [3.05, 3.63) is 110 Å². The van der Waals surface area contributed by atoms with E-state index >= 15 is 0 Å². The van der Waals surface area contributed by atoms with Gasteiger partial charge in [-0.2, -0.15) is 4.98 Å². The predicted octanol–water partition coefficient (Wildman–Crippen LogP) is 7.42. The Morgan fingerprint density at radius 1 is 1.05 bits per heavy atom. The van der Waals surface area contributed by atoms with E-state index < -0.39 is 6.04 Å². The lowest BCUT2D eigenvalue weighted by Crippen LogP contribution is -2.31. The van der Waals surface area contributed by atoms with Crippen molar-refractivity contribution < 1.29 is 4.79 Å². The lowest BCUT2D eigenvalue weighted by molar-refractivity contribution is -0.113. The zero-order valence-corrected chi connectivity index (χ0v) is 22.9. The van der Waals surface area contributed by atoms with Crippen LogP contribution in [-0.4, -0.2) is 20.7 Å². The van der Waals surface area contributed by atoms with Crippen LogP contribution in [0.2, 0.25) is 10.0 Å². The Bertz CT molecular complexity index is 1510. The monoisotopic (exact) mass is 549 g/mol. The van der Waals surface area contributed by atoms with Crippen LogP contribution in [0.5, 0.6) is 0 Å². The highest BCUT2D eigenvalue weighted by Crippen LogP contribution is 2.38. The quantitative estimate of drug-likeness (QED) is 0.245. The standard InChI is InChI=1S/C28H25Cl2N5OS/c1-16-8-13-23(17(2)14-16)32-26(36)24-18(3)31-27-33-28(37-15-20-6-4-5-7-22(20)30)34-35(27)25(24)19-9-11-21(29)12-10-19/h4-14,25H,15H2,1-3H3,(H,32,36)(H,31,33,34)/t25-/m1/s1. The molecule has 0 aliphatic carbocycles. The maximum Gasteiger partial charge on any atom is 0.255 e. The summed E-state index contributed by atoms with van der Waals surface area (Å²) in [4.78, 5) is 18.4. The first-order valence-corrected chi connectivity index (χ1v) is 13.5. The van der Waals surface area contributed by atoms with Crippen LogP contribution in [0.15, 0.2) is 83.2 Å². The molecule has 1 aliphatic heterocycles. The first kappa shape index (κ1) is 25.4. The number of benzene rings is 3. The Hall–Kier alpha value is -3.26. The molecule has 0 saturated heterocycles. The van der Waals surface area contributed by atoms with Crippen molar-refractivity contribution in [3.8, 4) is 0 Å². The Morgan fingerprint density at radius 3 is 2.54 bits per heavy atom. The molecule has 6 nitrogen and oxygen atoms in total. The van der Waals surface area contributed by atoms with Crippen LogP contribution in [0.1, 0.15) is 35.2 Å². The minimum absolute atomic E-state index is 0.205. The van der Waals surface area contributed by atoms with Gasteiger partial charge in [0, 0.05) is 27.2 Å². The van der Waals surface area contributed by atoms with Crippen LogP contribution < -0.4 is 10.6 Å². The fraction of sp³-hybridized carbons (Fsp3) is 0.179. The third-order valence-corrected chi connectivity index (χ3v) is 7.72. The van der Waals surface area contributed by atoms with E-state index in [9.17, 15) is 4.79 Å². The number of aryl methyl sites for hydroxylation is 2. The van der Waals surface area contributed by atoms with Gasteiger partial charge in [0.25, 0.3) is 5.91 Å². The number of thioether (sulfide) groups is 1. The van der Waals surface area contributed by atoms with Crippen molar-refractivity contribution in [1.82, 2.24) is 14.8 Å². The maximum absolute atomic E-state index is 13.7. The average Bonchev–Trinajstić information content (AvgIpc) is 3.27. The van der Waals surface area contributed by atoms with Gasteiger partial charge in [0.2, 0.25) is 11.1 Å². The molecule has 1 atom stereocenters. The topological polar surface area (TPSA) is 71.8 Å². The third kappa shape index (κ3) is 5.39. The van der Waals surface area contributed by atoms with E-state index in [-0.39, 0.29) is 5.91 Å². The van der Waals surface area contributed by atoms with Crippen LogP contribution in [-0.2, 0) is 10.5 Å². The van der Waals surface area contributed by atoms with E-state index in [1.807, 2.05) is 87.5 Å². The number of nitrogens with one attached hydrogen (secondary N) is 2. The SMILES string of the molecule is CC1=C(C(=O)Nc2ccc(C)cc2C)[C@@H](c2ccc(Cl)cc2)n2nc(SCc3ccccc3Cl)nc2N1. The molecule has 3 aromatic carbocycles. The normalized spacial score (nSPS) is 14.8. The number of fused-ring (bicyclic) bond motifs is 1. The van der Waals surface area contributed by atoms with Crippen LogP contribution in [0, 0.1) is 13.8 Å². The highest BCUT2D eigenvalue weighted by molar-refractivity contribution is 7.98. The number of carbonyl (C=O) groups excluding carboxylic acids is 1. The average molecular weight is 551 g/mol. The lowest BCUT2D eigenvalue weighted by Gasteiger charge is -2.29. The number of aromatic nitrogens is 3. The van der Waals surface area contributed by atoms with Crippen molar-refractivity contribution in [2.24, 2.45) is 0 Å². The molecule has 0 unspecified atom stereocenters. The van der Waals surface area contributed by atoms with E-state index in [1.54, 1.807) is 4.68 Å². The lowest BCUT2D eigenvalue weighted by atomic mass is 9.95. The predicted molar refractivity (Wildman–Crippen MR) is 151 cm³/mol. The van der Waals surface area contributed by atoms with Crippen LogP contribution in [0.25, 0.3) is 0 Å². The number of hydrogen-bond acceptors (Lipinski definition) is 5. The Kier molecular flexibility index (Phi) is 7.29. The Morgan fingerprint density at radius 2 is 1.81 bits per heavy atom. The minimum Gasteiger partial charge on any atom is -0.328 e. The molecule has 188 valence electrons. The molecule has 2 N–H and O–H groups in total. The van der Waals surface area contributed by atoms with Gasteiger partial charge in [-0.1, -0.05) is 83.0 Å². The highest BCUT2D eigenvalue weighted by atomic mass is 35.5. The molecule has 5 rings (SSSR count). The first-order valence-electron chi connectivity index (χ1n) is 11.7. The summed E-state index contributed by atoms with van der Waals surface area (Å²) in [6.07, 6.45) is 0. The number of nitrogens with zero attached hydrogens (tertiary/aromatic N) is 3. The number of hydrogen-bond donors (Lipinski definition) is 2. The molecule has 37 heavy (non-hydrogen) atoms. The molecular formula is C28H25Cl2N5OS. The van der Waals surface area contributed by atoms with Gasteiger partial charge in [-0.25, -0.2) is 4.68 Å². The van der Waals surface area contributed by atoms with Gasteiger partial charge in [0.15, 0.2) is 0 Å². The molecular weight excluding hydrogens is 525 g/mol. The van der Waals surface area contributed by atoms with Crippen molar-refractivity contribution in [3.63, 3.8) is 0 Å². The fourth-order valence-electron chi connectivity index (χ4n) is 4.34. The molecule has 1 aromatic heterocycles. The second-order valence-corrected chi connectivity index (χ2v) is 10.7. The fourth-order valence-corrected chi connectivity index (χ4v) is 5.58. The third-order valence-electron chi connectivity index (χ3n) is 6.21. The number of rotatable bonds is 6. The van der Waals surface area contributed by atoms with Gasteiger partial charge < -0.3 is 10.6 Å². The summed E-state index contributed by atoms with van der Waals surface area (Å²) in [5, 5.41) is 13.1. The molecule has 9 heteroatoms. The minimum atomic E-state index is -0.485. The Labute approximate surface area is 230 Å². The maximum atomic E-state index is 13.7. The zero-order valence-electron chi connectivity index (χ0n) is 20.5. The van der Waals surface area contributed by atoms with Crippen molar-refractivity contribution in [2.45, 2.75) is 37.7 Å². The van der Waals surface area contributed by atoms with Gasteiger partial charge in [-0.05, 0) is 61.7 Å². The number of anilines is 2. The van der Waals surface area contributed by atoms with Crippen LogP contribution in [0.3, 0.4) is 0 Å². The summed E-state index contributed by atoms with van der Waals surface area (Å²) >= 11 is 14.0. The molecule has 0 radical (unpaired) electrons. The summed E-state index contributed by atoms with van der Waals surface area (Å²) in [6.45, 7) is 5.90. The van der Waals surface area contributed by atoms with Crippen molar-refractivity contribution >= 4 is 52.5 Å². The van der Waals surface area contributed by atoms with E-state index in [1.165, 1.54) is 11.8 Å². The molecule has 0 spiro atoms. The van der Waals surface area contributed by atoms with Gasteiger partial charge in [-0.3, -0.25) is 4.79 Å². The van der Waals surface area contributed by atoms with E-state index in [0.29, 0.717) is 38.2 Å². The second-order valence-electron chi connectivity index (χ2n) is 8.93. The number of allylic oxidation sites excluding steroid dienone is 1. The highest BCUT2D eigenvalue weighted by Gasteiger charge is 2.34. The smallest absolute Gasteiger partial charge is 0.255 e. The molecule has 2 heterocycles. The van der Waals surface area contributed by atoms with Gasteiger partial charge in [0.1, 0.15) is 6.04 Å². The van der Waals surface area contributed by atoms with Gasteiger partial charge in [-0.15, -0.1) is 5.10 Å². The van der Waals surface area contributed by atoms with Gasteiger partial charge >= 0.3 is 0 Å². The first-order chi connectivity index (χ1) is 17.8. The number of carbonyl (C=O) groups is 1. The summed E-state index contributed by atoms with van der Waals surface area (Å²) in [7, 11) is 0. The molecule has 1 aliphatic rings. The number of halogens is 2. The summed E-state index contributed by atoms with van der Waals surface area (Å²) < 4.78 is 1.77. The zero-order chi connectivity index (χ0) is 26.1. The van der Waals surface area contributed by atoms with Crippen LogP contribution >= 0.6 is 35.0 Å². The summed E-state index contributed by atoms with van der Waals surface area (Å²) in [5.41, 5.74) is 6.06. The summed E-state index contributed by atoms with van der Waals surface area (Å²) in [5.74, 6) is 0.992. The van der Waals surface area contributed by atoms with Gasteiger partial charge in [0.05, 0.1) is 5.57 Å². The molecule has 0 fully saturated rings. The Balaban J connectivity index is 1.50. The van der Waals surface area contributed by atoms with Crippen molar-refractivity contribution in [1.29, 1.82) is 0 Å². The van der Waals surface area contributed by atoms with E-state index in [2.05, 4.69) is 10.6 Å². The largest absolute Gasteiger partial charge is 0.328 e. The van der Waals surface area contributed by atoms with Crippen molar-refractivity contribution in [2.75, 3.05) is 10.6 Å². The second kappa shape index (κ2) is 10.6. The van der Waals surface area contributed by atoms with Crippen LogP contribution in [0.4, 0.5) is 11.6 Å². The summed E-state index contributed by atoms with van der Waals surface area (Å²) in [6, 6.07) is 20.7.